The molecule has 0 radical (unpaired) electrons. The van der Waals surface area contributed by atoms with Gasteiger partial charge in [0.15, 0.2) is 17.3 Å². The molecule has 2 aromatic carbocycles. The lowest BCUT2D eigenvalue weighted by Crippen LogP contribution is -2.27. The molecule has 0 bridgehead atoms. The molecular formula is C19H18O5. The quantitative estimate of drug-likeness (QED) is 0.737. The van der Waals surface area contributed by atoms with Crippen LogP contribution in [-0.2, 0) is 5.41 Å². The van der Waals surface area contributed by atoms with Crippen molar-refractivity contribution in [2.45, 2.75) is 19.3 Å². The number of carbonyl (C=O) groups excluding carboxylic acids is 1. The van der Waals surface area contributed by atoms with Gasteiger partial charge in [-0.25, -0.2) is 0 Å². The number of carbonyl (C=O) groups is 1. The molecule has 0 amide bonds. The zero-order valence-electron chi connectivity index (χ0n) is 13.6. The second-order valence-electron chi connectivity index (χ2n) is 6.32. The normalized spacial score (nSPS) is 15.6. The van der Waals surface area contributed by atoms with Crippen molar-refractivity contribution in [3.63, 3.8) is 0 Å². The van der Waals surface area contributed by atoms with E-state index < -0.39 is 5.41 Å². The van der Waals surface area contributed by atoms with Gasteiger partial charge < -0.3 is 20.1 Å². The first-order valence-corrected chi connectivity index (χ1v) is 7.46. The van der Waals surface area contributed by atoms with Crippen LogP contribution in [0.1, 0.15) is 35.3 Å². The van der Waals surface area contributed by atoms with Crippen LogP contribution in [0, 0.1) is 0 Å². The third kappa shape index (κ3) is 2.29. The van der Waals surface area contributed by atoms with E-state index in [0.717, 1.165) is 0 Å². The van der Waals surface area contributed by atoms with E-state index in [4.69, 9.17) is 4.74 Å². The Morgan fingerprint density at radius 3 is 2.29 bits per heavy atom. The van der Waals surface area contributed by atoms with Crippen molar-refractivity contribution in [2.75, 3.05) is 7.11 Å². The SMILES string of the molecule is COc1cc(O)c2c(c1)C(C)(C)C(c1ccc(O)c(O)c1)=CC2=O. The van der Waals surface area contributed by atoms with Crippen molar-refractivity contribution in [3.8, 4) is 23.0 Å². The van der Waals surface area contributed by atoms with Crippen molar-refractivity contribution in [2.24, 2.45) is 0 Å². The lowest BCUT2D eigenvalue weighted by Gasteiger charge is -2.34. The summed E-state index contributed by atoms with van der Waals surface area (Å²) < 4.78 is 5.20. The molecule has 1 aliphatic rings. The molecule has 0 atom stereocenters. The van der Waals surface area contributed by atoms with Crippen molar-refractivity contribution < 1.29 is 24.9 Å². The molecule has 124 valence electrons. The molecule has 0 fully saturated rings. The number of aromatic hydroxyl groups is 3. The standard InChI is InChI=1S/C19H18O5/c1-19(2)12(10-4-5-14(20)15(21)6-10)9-17(23)18-13(19)7-11(24-3)8-16(18)22/h4-9,20-22H,1-3H3. The fourth-order valence-electron chi connectivity index (χ4n) is 3.13. The van der Waals surface area contributed by atoms with Crippen LogP contribution in [0.25, 0.3) is 5.57 Å². The predicted molar refractivity (Wildman–Crippen MR) is 89.8 cm³/mol. The molecule has 24 heavy (non-hydrogen) atoms. The molecule has 1 aliphatic carbocycles. The first kappa shape index (κ1) is 15.9. The smallest absolute Gasteiger partial charge is 0.190 e. The van der Waals surface area contributed by atoms with Gasteiger partial charge in [0.05, 0.1) is 12.7 Å². The topological polar surface area (TPSA) is 87.0 Å². The summed E-state index contributed by atoms with van der Waals surface area (Å²) in [5.41, 5.74) is 1.60. The minimum atomic E-state index is -0.612. The molecule has 0 unspecified atom stereocenters. The van der Waals surface area contributed by atoms with Gasteiger partial charge in [0.25, 0.3) is 0 Å². The molecule has 3 N–H and O–H groups in total. The Morgan fingerprint density at radius 2 is 1.67 bits per heavy atom. The van der Waals surface area contributed by atoms with Gasteiger partial charge in [-0.05, 0) is 41.0 Å². The lowest BCUT2D eigenvalue weighted by molar-refractivity contribution is 0.104. The summed E-state index contributed by atoms with van der Waals surface area (Å²) >= 11 is 0. The Labute approximate surface area is 139 Å². The van der Waals surface area contributed by atoms with E-state index in [2.05, 4.69) is 0 Å². The zero-order chi connectivity index (χ0) is 17.6. The highest BCUT2D eigenvalue weighted by atomic mass is 16.5. The summed E-state index contributed by atoms with van der Waals surface area (Å²) in [6.45, 7) is 3.85. The van der Waals surface area contributed by atoms with Crippen LogP contribution < -0.4 is 4.74 Å². The number of benzene rings is 2. The van der Waals surface area contributed by atoms with E-state index in [1.54, 1.807) is 12.1 Å². The monoisotopic (exact) mass is 326 g/mol. The largest absolute Gasteiger partial charge is 0.507 e. The molecule has 2 aromatic rings. The van der Waals surface area contributed by atoms with Crippen LogP contribution in [0.2, 0.25) is 0 Å². The first-order chi connectivity index (χ1) is 11.3. The van der Waals surface area contributed by atoms with Crippen molar-refractivity contribution in [1.29, 1.82) is 0 Å². The number of phenols is 3. The van der Waals surface area contributed by atoms with E-state index in [9.17, 15) is 20.1 Å². The van der Waals surface area contributed by atoms with Gasteiger partial charge in [0.2, 0.25) is 0 Å². The summed E-state index contributed by atoms with van der Waals surface area (Å²) in [5.74, 6) is -0.449. The van der Waals surface area contributed by atoms with Gasteiger partial charge in [-0.15, -0.1) is 0 Å². The molecule has 5 nitrogen and oxygen atoms in total. The number of hydrogen-bond donors (Lipinski definition) is 3. The van der Waals surface area contributed by atoms with Gasteiger partial charge >= 0.3 is 0 Å². The molecule has 0 saturated heterocycles. The number of ether oxygens (including phenoxy) is 1. The molecule has 0 aromatic heterocycles. The van der Waals surface area contributed by atoms with E-state index in [0.29, 0.717) is 22.4 Å². The summed E-state index contributed by atoms with van der Waals surface area (Å²) in [7, 11) is 1.49. The number of hydrogen-bond acceptors (Lipinski definition) is 5. The van der Waals surface area contributed by atoms with Crippen molar-refractivity contribution in [3.05, 3.63) is 53.1 Å². The average molecular weight is 326 g/mol. The van der Waals surface area contributed by atoms with Crippen LogP contribution in [0.3, 0.4) is 0 Å². The Bertz CT molecular complexity index is 878. The lowest BCUT2D eigenvalue weighted by atomic mass is 9.68. The van der Waals surface area contributed by atoms with Crippen molar-refractivity contribution >= 4 is 11.4 Å². The van der Waals surface area contributed by atoms with Gasteiger partial charge in [-0.2, -0.15) is 0 Å². The Kier molecular flexibility index (Phi) is 3.52. The van der Waals surface area contributed by atoms with Crippen LogP contribution in [0.5, 0.6) is 23.0 Å². The summed E-state index contributed by atoms with van der Waals surface area (Å²) in [6, 6.07) is 7.59. The number of ketones is 1. The van der Waals surface area contributed by atoms with Gasteiger partial charge in [0, 0.05) is 11.5 Å². The highest BCUT2D eigenvalue weighted by molar-refractivity contribution is 6.15. The van der Waals surface area contributed by atoms with Gasteiger partial charge in [-0.1, -0.05) is 19.9 Å². The maximum Gasteiger partial charge on any atom is 0.190 e. The Hall–Kier alpha value is -2.95. The molecular weight excluding hydrogens is 308 g/mol. The van der Waals surface area contributed by atoms with E-state index in [-0.39, 0.29) is 28.6 Å². The molecule has 5 heteroatoms. The van der Waals surface area contributed by atoms with Crippen LogP contribution in [0.4, 0.5) is 0 Å². The summed E-state index contributed by atoms with van der Waals surface area (Å²) in [5, 5.41) is 29.5. The molecule has 0 spiro atoms. The second-order valence-corrected chi connectivity index (χ2v) is 6.32. The first-order valence-electron chi connectivity index (χ1n) is 7.46. The van der Waals surface area contributed by atoms with Crippen LogP contribution >= 0.6 is 0 Å². The van der Waals surface area contributed by atoms with E-state index in [1.165, 1.54) is 31.4 Å². The number of fused-ring (bicyclic) bond motifs is 1. The zero-order valence-corrected chi connectivity index (χ0v) is 13.6. The average Bonchev–Trinajstić information content (AvgIpc) is 2.53. The Balaban J connectivity index is 2.23. The second kappa shape index (κ2) is 5.30. The van der Waals surface area contributed by atoms with E-state index >= 15 is 0 Å². The number of allylic oxidation sites excluding steroid dienone is 2. The third-order valence-electron chi connectivity index (χ3n) is 4.48. The summed E-state index contributed by atoms with van der Waals surface area (Å²) in [6.07, 6.45) is 1.46. The highest BCUT2D eigenvalue weighted by Gasteiger charge is 2.37. The fourth-order valence-corrected chi connectivity index (χ4v) is 3.13. The highest BCUT2D eigenvalue weighted by Crippen LogP contribution is 2.47. The van der Waals surface area contributed by atoms with E-state index in [1.807, 2.05) is 13.8 Å². The van der Waals surface area contributed by atoms with Gasteiger partial charge in [0.1, 0.15) is 11.5 Å². The molecule has 0 heterocycles. The summed E-state index contributed by atoms with van der Waals surface area (Å²) in [4.78, 5) is 12.5. The fraction of sp³-hybridized carbons (Fsp3) is 0.211. The van der Waals surface area contributed by atoms with Crippen LogP contribution in [-0.4, -0.2) is 28.2 Å². The van der Waals surface area contributed by atoms with Crippen molar-refractivity contribution in [1.82, 2.24) is 0 Å². The van der Waals surface area contributed by atoms with Gasteiger partial charge in [-0.3, -0.25) is 4.79 Å². The number of phenolic OH excluding ortho intramolecular Hbond substituents is 3. The van der Waals surface area contributed by atoms with Crippen LogP contribution in [0.15, 0.2) is 36.4 Å². The molecule has 0 aliphatic heterocycles. The minimum absolute atomic E-state index is 0.119. The maximum atomic E-state index is 12.5. The predicted octanol–water partition coefficient (Wildman–Crippen LogP) is 3.37. The third-order valence-corrected chi connectivity index (χ3v) is 4.48. The Morgan fingerprint density at radius 1 is 0.958 bits per heavy atom. The maximum absolute atomic E-state index is 12.5. The minimum Gasteiger partial charge on any atom is -0.507 e. The molecule has 3 rings (SSSR count). The molecule has 0 saturated carbocycles. The number of rotatable bonds is 2. The number of methoxy groups -OCH3 is 1.